The van der Waals surface area contributed by atoms with Crippen LogP contribution in [0.5, 0.6) is 0 Å². The summed E-state index contributed by atoms with van der Waals surface area (Å²) in [6, 6.07) is 0. The Balaban J connectivity index is 2.18. The second kappa shape index (κ2) is 7.37. The van der Waals surface area contributed by atoms with E-state index in [9.17, 15) is 0 Å². The van der Waals surface area contributed by atoms with Gasteiger partial charge in [0.2, 0.25) is 0 Å². The zero-order valence-corrected chi connectivity index (χ0v) is 9.23. The van der Waals surface area contributed by atoms with E-state index in [0.717, 1.165) is 0 Å². The van der Waals surface area contributed by atoms with Crippen molar-refractivity contribution in [3.05, 3.63) is 0 Å². The molecule has 0 aromatic carbocycles. The molecule has 1 nitrogen and oxygen atoms in total. The van der Waals surface area contributed by atoms with Gasteiger partial charge in [-0.15, -0.1) is 0 Å². The minimum atomic E-state index is 1.32. The van der Waals surface area contributed by atoms with Crippen LogP contribution in [-0.2, 0) is 0 Å². The Morgan fingerprint density at radius 2 is 1.23 bits per heavy atom. The molecule has 0 aliphatic carbocycles. The van der Waals surface area contributed by atoms with Crippen molar-refractivity contribution in [3.63, 3.8) is 0 Å². The molecule has 0 atom stereocenters. The lowest BCUT2D eigenvalue weighted by Crippen LogP contribution is -2.27. The van der Waals surface area contributed by atoms with Gasteiger partial charge in [-0.25, -0.2) is 0 Å². The second-order valence-corrected chi connectivity index (χ2v) is 4.32. The maximum absolute atomic E-state index is 2.66. The molecule has 1 saturated heterocycles. The highest BCUT2D eigenvalue weighted by atomic mass is 15.1. The van der Waals surface area contributed by atoms with E-state index in [2.05, 4.69) is 11.8 Å². The molecule has 0 saturated carbocycles. The Kier molecular flexibility index (Phi) is 6.26. The fraction of sp³-hybridized carbons (Fsp3) is 1.00. The Morgan fingerprint density at radius 3 is 1.69 bits per heavy atom. The largest absolute Gasteiger partial charge is 0.303 e. The van der Waals surface area contributed by atoms with Gasteiger partial charge in [-0.2, -0.15) is 0 Å². The first-order chi connectivity index (χ1) is 6.43. The van der Waals surface area contributed by atoms with Crippen molar-refractivity contribution in [2.75, 3.05) is 19.6 Å². The highest BCUT2D eigenvalue weighted by Crippen LogP contribution is 2.11. The SMILES string of the molecule is CCCN1CCCCCCCCC1. The quantitative estimate of drug-likeness (QED) is 0.634. The average molecular weight is 183 g/mol. The first-order valence-corrected chi connectivity index (χ1v) is 6.16. The van der Waals surface area contributed by atoms with Crippen LogP contribution in [0, 0.1) is 0 Å². The third kappa shape index (κ3) is 5.30. The zero-order valence-electron chi connectivity index (χ0n) is 9.23. The fourth-order valence-electron chi connectivity index (χ4n) is 2.21. The molecule has 0 aromatic rings. The minimum Gasteiger partial charge on any atom is -0.303 e. The molecule has 0 unspecified atom stereocenters. The summed E-state index contributed by atoms with van der Waals surface area (Å²) in [6.07, 6.45) is 11.5. The molecule has 0 aromatic heterocycles. The Bertz CT molecular complexity index is 102. The smallest absolute Gasteiger partial charge is 0.00187 e. The zero-order chi connectivity index (χ0) is 9.36. The molecule has 0 bridgehead atoms. The summed E-state index contributed by atoms with van der Waals surface area (Å²) >= 11 is 0. The summed E-state index contributed by atoms with van der Waals surface area (Å²) in [5.41, 5.74) is 0. The molecular formula is C12H25N. The molecule has 0 spiro atoms. The number of nitrogens with zero attached hydrogens (tertiary/aromatic N) is 1. The van der Waals surface area contributed by atoms with Crippen LogP contribution < -0.4 is 0 Å². The molecule has 1 heteroatoms. The van der Waals surface area contributed by atoms with E-state index in [1.807, 2.05) is 0 Å². The average Bonchev–Trinajstić information content (AvgIpc) is 2.16. The predicted molar refractivity (Wildman–Crippen MR) is 59.1 cm³/mol. The molecule has 1 aliphatic heterocycles. The molecule has 1 heterocycles. The standard InChI is InChI=1S/C12H25N/c1-2-10-13-11-8-6-4-3-5-7-9-12-13/h2-12H2,1H3. The van der Waals surface area contributed by atoms with Gasteiger partial charge in [0.25, 0.3) is 0 Å². The van der Waals surface area contributed by atoms with Gasteiger partial charge >= 0.3 is 0 Å². The summed E-state index contributed by atoms with van der Waals surface area (Å²) in [6.45, 7) is 6.32. The maximum atomic E-state index is 2.66. The number of rotatable bonds is 2. The summed E-state index contributed by atoms with van der Waals surface area (Å²) in [5, 5.41) is 0. The van der Waals surface area contributed by atoms with Gasteiger partial charge in [-0.1, -0.05) is 39.0 Å². The van der Waals surface area contributed by atoms with Crippen LogP contribution in [0.1, 0.15) is 58.3 Å². The monoisotopic (exact) mass is 183 g/mol. The summed E-state index contributed by atoms with van der Waals surface area (Å²) in [5.74, 6) is 0. The summed E-state index contributed by atoms with van der Waals surface area (Å²) in [7, 11) is 0. The van der Waals surface area contributed by atoms with Crippen LogP contribution in [-0.4, -0.2) is 24.5 Å². The first kappa shape index (κ1) is 11.0. The summed E-state index contributed by atoms with van der Waals surface area (Å²) < 4.78 is 0. The van der Waals surface area contributed by atoms with Gasteiger partial charge in [0.05, 0.1) is 0 Å². The van der Waals surface area contributed by atoms with E-state index < -0.39 is 0 Å². The Morgan fingerprint density at radius 1 is 0.769 bits per heavy atom. The van der Waals surface area contributed by atoms with Gasteiger partial charge in [0.1, 0.15) is 0 Å². The van der Waals surface area contributed by atoms with Crippen LogP contribution in [0.4, 0.5) is 0 Å². The molecule has 13 heavy (non-hydrogen) atoms. The third-order valence-electron chi connectivity index (χ3n) is 2.99. The van der Waals surface area contributed by atoms with Crippen LogP contribution in [0.15, 0.2) is 0 Å². The topological polar surface area (TPSA) is 3.24 Å². The van der Waals surface area contributed by atoms with Gasteiger partial charge < -0.3 is 4.90 Å². The van der Waals surface area contributed by atoms with Gasteiger partial charge in [0, 0.05) is 0 Å². The van der Waals surface area contributed by atoms with Crippen molar-refractivity contribution >= 4 is 0 Å². The first-order valence-electron chi connectivity index (χ1n) is 6.16. The Labute approximate surface area is 83.5 Å². The van der Waals surface area contributed by atoms with Gasteiger partial charge in [0.15, 0.2) is 0 Å². The van der Waals surface area contributed by atoms with E-state index in [1.54, 1.807) is 0 Å². The predicted octanol–water partition coefficient (Wildman–Crippen LogP) is 3.44. The minimum absolute atomic E-state index is 1.32. The third-order valence-corrected chi connectivity index (χ3v) is 2.99. The second-order valence-electron chi connectivity index (χ2n) is 4.32. The number of hydrogen-bond donors (Lipinski definition) is 0. The van der Waals surface area contributed by atoms with Gasteiger partial charge in [-0.05, 0) is 38.9 Å². The van der Waals surface area contributed by atoms with Crippen LogP contribution in [0.3, 0.4) is 0 Å². The molecule has 0 N–H and O–H groups in total. The van der Waals surface area contributed by atoms with Crippen molar-refractivity contribution in [1.82, 2.24) is 4.90 Å². The normalized spacial score (nSPS) is 22.8. The van der Waals surface area contributed by atoms with Crippen LogP contribution >= 0.6 is 0 Å². The van der Waals surface area contributed by atoms with Crippen LogP contribution in [0.25, 0.3) is 0 Å². The highest BCUT2D eigenvalue weighted by Gasteiger charge is 2.04. The van der Waals surface area contributed by atoms with Gasteiger partial charge in [-0.3, -0.25) is 0 Å². The lowest BCUT2D eigenvalue weighted by atomic mass is 10.1. The molecule has 78 valence electrons. The molecule has 0 radical (unpaired) electrons. The summed E-state index contributed by atoms with van der Waals surface area (Å²) in [4.78, 5) is 2.66. The van der Waals surface area contributed by atoms with E-state index in [-0.39, 0.29) is 0 Å². The molecule has 0 amide bonds. The highest BCUT2D eigenvalue weighted by molar-refractivity contribution is 4.60. The molecule has 1 rings (SSSR count). The molecular weight excluding hydrogens is 158 g/mol. The van der Waals surface area contributed by atoms with Crippen molar-refractivity contribution in [2.45, 2.75) is 58.3 Å². The molecule has 1 fully saturated rings. The number of hydrogen-bond acceptors (Lipinski definition) is 1. The van der Waals surface area contributed by atoms with Crippen molar-refractivity contribution in [3.8, 4) is 0 Å². The van der Waals surface area contributed by atoms with E-state index in [1.165, 1.54) is 71.0 Å². The van der Waals surface area contributed by atoms with Crippen molar-refractivity contribution < 1.29 is 0 Å². The van der Waals surface area contributed by atoms with E-state index in [0.29, 0.717) is 0 Å². The lowest BCUT2D eigenvalue weighted by molar-refractivity contribution is 0.255. The Hall–Kier alpha value is -0.0400. The van der Waals surface area contributed by atoms with E-state index >= 15 is 0 Å². The van der Waals surface area contributed by atoms with Crippen molar-refractivity contribution in [2.24, 2.45) is 0 Å². The van der Waals surface area contributed by atoms with Crippen LogP contribution in [0.2, 0.25) is 0 Å². The fourth-order valence-corrected chi connectivity index (χ4v) is 2.21. The van der Waals surface area contributed by atoms with Crippen molar-refractivity contribution in [1.29, 1.82) is 0 Å². The lowest BCUT2D eigenvalue weighted by Gasteiger charge is -2.22. The molecule has 1 aliphatic rings. The van der Waals surface area contributed by atoms with E-state index in [4.69, 9.17) is 0 Å². The maximum Gasteiger partial charge on any atom is -0.00187 e.